The molecule has 18 heavy (non-hydrogen) atoms. The summed E-state index contributed by atoms with van der Waals surface area (Å²) in [5, 5.41) is 0. The first-order valence-corrected chi connectivity index (χ1v) is 6.68. The zero-order chi connectivity index (χ0) is 13.5. The highest BCUT2D eigenvalue weighted by atomic mass is 79.9. The van der Waals surface area contributed by atoms with Crippen molar-refractivity contribution < 1.29 is 14.2 Å². The highest BCUT2D eigenvalue weighted by molar-refractivity contribution is 9.10. The molecule has 0 spiro atoms. The van der Waals surface area contributed by atoms with Crippen molar-refractivity contribution in [2.24, 2.45) is 5.73 Å². The molecule has 1 atom stereocenters. The highest BCUT2D eigenvalue weighted by Crippen LogP contribution is 2.39. The Labute approximate surface area is 117 Å². The molecule has 1 aromatic rings. The van der Waals surface area contributed by atoms with E-state index in [1.807, 2.05) is 12.1 Å². The molecular formula is C13H20BrNO3. The first kappa shape index (κ1) is 15.3. The van der Waals surface area contributed by atoms with Crippen molar-refractivity contribution >= 4 is 15.9 Å². The van der Waals surface area contributed by atoms with Crippen LogP contribution in [0.15, 0.2) is 16.6 Å². The first-order valence-electron chi connectivity index (χ1n) is 5.89. The lowest BCUT2D eigenvalue weighted by Crippen LogP contribution is -2.18. The summed E-state index contributed by atoms with van der Waals surface area (Å²) in [6, 6.07) is 3.55. The third-order valence-corrected chi connectivity index (χ3v) is 3.31. The number of hydrogen-bond donors (Lipinski definition) is 1. The first-order chi connectivity index (χ1) is 8.65. The molecule has 2 N–H and O–H groups in total. The van der Waals surface area contributed by atoms with Gasteiger partial charge in [0.1, 0.15) is 16.0 Å². The van der Waals surface area contributed by atoms with Gasteiger partial charge in [-0.25, -0.2) is 0 Å². The van der Waals surface area contributed by atoms with Gasteiger partial charge in [-0.15, -0.1) is 0 Å². The van der Waals surface area contributed by atoms with Crippen molar-refractivity contribution in [2.75, 3.05) is 27.4 Å². The maximum absolute atomic E-state index is 6.11. The van der Waals surface area contributed by atoms with E-state index in [2.05, 4.69) is 22.9 Å². The Morgan fingerprint density at radius 2 is 2.00 bits per heavy atom. The van der Waals surface area contributed by atoms with E-state index < -0.39 is 0 Å². The fraction of sp³-hybridized carbons (Fsp3) is 0.538. The number of ether oxygens (including phenoxy) is 3. The molecule has 1 aromatic carbocycles. The summed E-state index contributed by atoms with van der Waals surface area (Å²) in [6.07, 6.45) is 0.982. The average molecular weight is 318 g/mol. The minimum Gasteiger partial charge on any atom is -0.495 e. The maximum Gasteiger partial charge on any atom is 0.141 e. The van der Waals surface area contributed by atoms with Crippen LogP contribution in [0.1, 0.15) is 24.9 Å². The molecule has 102 valence electrons. The molecular weight excluding hydrogens is 298 g/mol. The van der Waals surface area contributed by atoms with Gasteiger partial charge in [-0.2, -0.15) is 0 Å². The van der Waals surface area contributed by atoms with Crippen LogP contribution in [0.4, 0.5) is 0 Å². The van der Waals surface area contributed by atoms with E-state index in [-0.39, 0.29) is 6.04 Å². The molecule has 1 unspecified atom stereocenters. The number of nitrogens with two attached hydrogens (primary N) is 1. The molecule has 0 bridgehead atoms. The van der Waals surface area contributed by atoms with Gasteiger partial charge in [0.25, 0.3) is 0 Å². The summed E-state index contributed by atoms with van der Waals surface area (Å²) in [7, 11) is 3.23. The van der Waals surface area contributed by atoms with Crippen molar-refractivity contribution in [3.05, 3.63) is 22.2 Å². The van der Waals surface area contributed by atoms with Gasteiger partial charge >= 0.3 is 0 Å². The van der Waals surface area contributed by atoms with Gasteiger partial charge in [0.05, 0.1) is 26.9 Å². The van der Waals surface area contributed by atoms with Crippen LogP contribution in [0.25, 0.3) is 0 Å². The molecule has 0 aliphatic heterocycles. The number of hydrogen-bond acceptors (Lipinski definition) is 4. The number of halogens is 1. The molecule has 5 heteroatoms. The molecule has 0 aliphatic rings. The van der Waals surface area contributed by atoms with Gasteiger partial charge in [-0.05, 0) is 34.5 Å². The van der Waals surface area contributed by atoms with Crippen LogP contribution in [-0.4, -0.2) is 27.4 Å². The molecule has 0 saturated heterocycles. The Balaban J connectivity index is 2.90. The molecule has 0 amide bonds. The van der Waals surface area contributed by atoms with Crippen molar-refractivity contribution in [3.8, 4) is 11.5 Å². The summed E-state index contributed by atoms with van der Waals surface area (Å²) in [6.45, 7) is 3.26. The second-order valence-corrected chi connectivity index (χ2v) is 4.68. The molecule has 4 nitrogen and oxygen atoms in total. The monoisotopic (exact) mass is 317 g/mol. The van der Waals surface area contributed by atoms with Gasteiger partial charge in [-0.1, -0.05) is 6.92 Å². The molecule has 0 saturated carbocycles. The van der Waals surface area contributed by atoms with E-state index in [0.29, 0.717) is 19.0 Å². The maximum atomic E-state index is 6.11. The van der Waals surface area contributed by atoms with Crippen molar-refractivity contribution in [1.82, 2.24) is 0 Å². The Bertz CT molecular complexity index is 385. The normalized spacial score (nSPS) is 12.3. The van der Waals surface area contributed by atoms with Crippen LogP contribution >= 0.6 is 15.9 Å². The van der Waals surface area contributed by atoms with Crippen LogP contribution < -0.4 is 15.2 Å². The molecule has 0 fully saturated rings. The third kappa shape index (κ3) is 3.60. The zero-order valence-electron chi connectivity index (χ0n) is 11.0. The Kier molecular flexibility index (Phi) is 6.46. The summed E-state index contributed by atoms with van der Waals surface area (Å²) in [5.74, 6) is 1.42. The zero-order valence-corrected chi connectivity index (χ0v) is 12.6. The number of benzene rings is 1. The van der Waals surface area contributed by atoms with E-state index in [4.69, 9.17) is 19.9 Å². The highest BCUT2D eigenvalue weighted by Gasteiger charge is 2.17. The second-order valence-electron chi connectivity index (χ2n) is 3.89. The van der Waals surface area contributed by atoms with Crippen LogP contribution in [0.3, 0.4) is 0 Å². The van der Waals surface area contributed by atoms with Crippen LogP contribution in [0.5, 0.6) is 11.5 Å². The van der Waals surface area contributed by atoms with Crippen molar-refractivity contribution in [3.63, 3.8) is 0 Å². The van der Waals surface area contributed by atoms with Gasteiger partial charge in [0.15, 0.2) is 0 Å². The van der Waals surface area contributed by atoms with E-state index in [1.165, 1.54) is 0 Å². The van der Waals surface area contributed by atoms with E-state index in [9.17, 15) is 0 Å². The fourth-order valence-electron chi connectivity index (χ4n) is 1.65. The SMILES string of the molecule is CCCOCC(N)c1ccc(OC)c(Br)c1OC. The fourth-order valence-corrected chi connectivity index (χ4v) is 2.34. The largest absolute Gasteiger partial charge is 0.495 e. The Morgan fingerprint density at radius 3 is 2.56 bits per heavy atom. The number of methoxy groups -OCH3 is 2. The van der Waals surface area contributed by atoms with E-state index in [0.717, 1.165) is 22.2 Å². The van der Waals surface area contributed by atoms with Crippen LogP contribution in [0, 0.1) is 0 Å². The molecule has 0 radical (unpaired) electrons. The van der Waals surface area contributed by atoms with E-state index >= 15 is 0 Å². The predicted octanol–water partition coefficient (Wildman–Crippen LogP) is 2.89. The lowest BCUT2D eigenvalue weighted by atomic mass is 10.1. The lowest BCUT2D eigenvalue weighted by Gasteiger charge is -2.18. The van der Waals surface area contributed by atoms with Gasteiger partial charge in [-0.3, -0.25) is 0 Å². The Morgan fingerprint density at radius 1 is 1.28 bits per heavy atom. The number of rotatable bonds is 7. The molecule has 0 heterocycles. The lowest BCUT2D eigenvalue weighted by molar-refractivity contribution is 0.121. The summed E-state index contributed by atoms with van der Waals surface area (Å²) < 4.78 is 16.8. The van der Waals surface area contributed by atoms with Gasteiger partial charge in [0, 0.05) is 12.2 Å². The van der Waals surface area contributed by atoms with Crippen molar-refractivity contribution in [1.29, 1.82) is 0 Å². The van der Waals surface area contributed by atoms with Crippen LogP contribution in [0.2, 0.25) is 0 Å². The third-order valence-electron chi connectivity index (χ3n) is 2.56. The average Bonchev–Trinajstić information content (AvgIpc) is 2.38. The topological polar surface area (TPSA) is 53.7 Å². The van der Waals surface area contributed by atoms with Gasteiger partial charge < -0.3 is 19.9 Å². The summed E-state index contributed by atoms with van der Waals surface area (Å²) >= 11 is 3.46. The second kappa shape index (κ2) is 7.61. The smallest absolute Gasteiger partial charge is 0.141 e. The van der Waals surface area contributed by atoms with Gasteiger partial charge in [0.2, 0.25) is 0 Å². The predicted molar refractivity (Wildman–Crippen MR) is 75.3 cm³/mol. The Hall–Kier alpha value is -0.780. The quantitative estimate of drug-likeness (QED) is 0.786. The summed E-state index contributed by atoms with van der Waals surface area (Å²) in [5.41, 5.74) is 7.01. The van der Waals surface area contributed by atoms with E-state index in [1.54, 1.807) is 14.2 Å². The molecule has 1 rings (SSSR count). The minimum absolute atomic E-state index is 0.214. The van der Waals surface area contributed by atoms with Crippen LogP contribution in [-0.2, 0) is 4.74 Å². The standard InChI is InChI=1S/C13H20BrNO3/c1-4-7-18-8-10(15)9-5-6-11(16-2)12(14)13(9)17-3/h5-6,10H,4,7-8,15H2,1-3H3. The molecule has 0 aliphatic carbocycles. The van der Waals surface area contributed by atoms with Crippen molar-refractivity contribution in [2.45, 2.75) is 19.4 Å². The minimum atomic E-state index is -0.214. The summed E-state index contributed by atoms with van der Waals surface area (Å²) in [4.78, 5) is 0. The molecule has 0 aromatic heterocycles.